The number of aryl methyl sites for hydroxylation is 1. The van der Waals surface area contributed by atoms with Gasteiger partial charge in [-0.15, -0.1) is 0 Å². The highest BCUT2D eigenvalue weighted by atomic mass is 32.1. The van der Waals surface area contributed by atoms with Crippen LogP contribution in [0.2, 0.25) is 0 Å². The van der Waals surface area contributed by atoms with Crippen molar-refractivity contribution in [3.05, 3.63) is 10.6 Å². The first-order valence-corrected chi connectivity index (χ1v) is 8.23. The maximum Gasteiger partial charge on any atom is 0.186 e. The molecule has 0 amide bonds. The number of carbonyl (C=O) groups is 1. The van der Waals surface area contributed by atoms with E-state index >= 15 is 0 Å². The van der Waals surface area contributed by atoms with Crippen molar-refractivity contribution in [2.75, 3.05) is 25.2 Å². The second kappa shape index (κ2) is 9.08. The molecule has 0 atom stereocenters. The molecule has 0 spiro atoms. The Hall–Kier alpha value is -0.940. The van der Waals surface area contributed by atoms with E-state index in [1.165, 1.54) is 11.3 Å². The van der Waals surface area contributed by atoms with Crippen molar-refractivity contribution in [1.29, 1.82) is 0 Å². The Morgan fingerprint density at radius 1 is 1.35 bits per heavy atom. The summed E-state index contributed by atoms with van der Waals surface area (Å²) in [6.45, 7) is 7.98. The fourth-order valence-corrected chi connectivity index (χ4v) is 3.36. The number of hydrogen-bond acceptors (Lipinski definition) is 5. The summed E-state index contributed by atoms with van der Waals surface area (Å²) in [4.78, 5) is 19.0. The van der Waals surface area contributed by atoms with E-state index < -0.39 is 0 Å². The number of anilines is 1. The van der Waals surface area contributed by atoms with Gasteiger partial charge in [0.15, 0.2) is 11.4 Å². The summed E-state index contributed by atoms with van der Waals surface area (Å²) in [7, 11) is 1.71. The van der Waals surface area contributed by atoms with E-state index in [4.69, 9.17) is 9.72 Å². The Balaban J connectivity index is 3.02. The minimum Gasteiger partial charge on any atom is -0.383 e. The first-order chi connectivity index (χ1) is 9.71. The molecule has 1 heterocycles. The predicted molar refractivity (Wildman–Crippen MR) is 85.1 cm³/mol. The summed E-state index contributed by atoms with van der Waals surface area (Å²) in [5.74, 6) is 0. The van der Waals surface area contributed by atoms with Crippen LogP contribution in [-0.2, 0) is 11.2 Å². The smallest absolute Gasteiger partial charge is 0.186 e. The van der Waals surface area contributed by atoms with Crippen LogP contribution in [0.25, 0.3) is 0 Å². The van der Waals surface area contributed by atoms with Crippen LogP contribution in [0.15, 0.2) is 0 Å². The van der Waals surface area contributed by atoms with E-state index in [9.17, 15) is 4.79 Å². The lowest BCUT2D eigenvalue weighted by Crippen LogP contribution is -2.37. The molecule has 0 saturated carbocycles. The lowest BCUT2D eigenvalue weighted by molar-refractivity contribution is 0.112. The van der Waals surface area contributed by atoms with Gasteiger partial charge in [0.25, 0.3) is 0 Å². The van der Waals surface area contributed by atoms with Gasteiger partial charge in [-0.05, 0) is 19.3 Å². The summed E-state index contributed by atoms with van der Waals surface area (Å²) in [5.41, 5.74) is 0.941. The van der Waals surface area contributed by atoms with Gasteiger partial charge >= 0.3 is 0 Å². The Bertz CT molecular complexity index is 403. The van der Waals surface area contributed by atoms with Crippen LogP contribution in [0.3, 0.4) is 0 Å². The number of aromatic nitrogens is 1. The lowest BCUT2D eigenvalue weighted by atomic mass is 10.1. The number of aldehydes is 1. The van der Waals surface area contributed by atoms with Gasteiger partial charge in [-0.3, -0.25) is 4.79 Å². The molecule has 20 heavy (non-hydrogen) atoms. The normalized spacial score (nSPS) is 11.1. The van der Waals surface area contributed by atoms with Crippen molar-refractivity contribution in [3.63, 3.8) is 0 Å². The van der Waals surface area contributed by atoms with Crippen LogP contribution in [0.5, 0.6) is 0 Å². The average molecular weight is 298 g/mol. The summed E-state index contributed by atoms with van der Waals surface area (Å²) in [6, 6.07) is 0.449. The zero-order valence-electron chi connectivity index (χ0n) is 13.0. The Morgan fingerprint density at radius 2 is 2.05 bits per heavy atom. The molecule has 1 aromatic rings. The number of hydrogen-bond donors (Lipinski definition) is 0. The summed E-state index contributed by atoms with van der Waals surface area (Å²) >= 11 is 1.51. The standard InChI is InChI=1S/C15H26N2O2S/c1-5-8-13-14(11-18)20-15(16-13)17(9-10-19-4)12(6-2)7-3/h11-12H,5-10H2,1-4H3. The van der Waals surface area contributed by atoms with E-state index in [0.29, 0.717) is 12.6 Å². The molecule has 1 aromatic heterocycles. The fourth-order valence-electron chi connectivity index (χ4n) is 2.33. The van der Waals surface area contributed by atoms with Crippen molar-refractivity contribution < 1.29 is 9.53 Å². The number of methoxy groups -OCH3 is 1. The molecule has 0 fully saturated rings. The summed E-state index contributed by atoms with van der Waals surface area (Å²) in [6.07, 6.45) is 4.95. The quantitative estimate of drug-likeness (QED) is 0.620. The highest BCUT2D eigenvalue weighted by molar-refractivity contribution is 7.17. The van der Waals surface area contributed by atoms with Crippen LogP contribution >= 0.6 is 11.3 Å². The third-order valence-electron chi connectivity index (χ3n) is 3.48. The fraction of sp³-hybridized carbons (Fsp3) is 0.733. The first-order valence-electron chi connectivity index (χ1n) is 7.42. The zero-order valence-corrected chi connectivity index (χ0v) is 13.8. The molecule has 4 nitrogen and oxygen atoms in total. The van der Waals surface area contributed by atoms with Gasteiger partial charge in [0, 0.05) is 19.7 Å². The minimum absolute atomic E-state index is 0.449. The SMILES string of the molecule is CCCc1nc(N(CCOC)C(CC)CC)sc1C=O. The number of rotatable bonds is 10. The average Bonchev–Trinajstić information content (AvgIpc) is 2.86. The number of ether oxygens (including phenoxy) is 1. The molecule has 0 radical (unpaired) electrons. The second-order valence-corrected chi connectivity index (χ2v) is 5.84. The Morgan fingerprint density at radius 3 is 2.55 bits per heavy atom. The second-order valence-electron chi connectivity index (χ2n) is 4.83. The van der Waals surface area contributed by atoms with Crippen molar-refractivity contribution in [2.45, 2.75) is 52.5 Å². The molecule has 0 bridgehead atoms. The highest BCUT2D eigenvalue weighted by Crippen LogP contribution is 2.28. The minimum atomic E-state index is 0.449. The maximum absolute atomic E-state index is 11.2. The van der Waals surface area contributed by atoms with Gasteiger partial charge in [-0.2, -0.15) is 0 Å². The maximum atomic E-state index is 11.2. The van der Waals surface area contributed by atoms with Crippen LogP contribution < -0.4 is 4.90 Å². The van der Waals surface area contributed by atoms with Crippen molar-refractivity contribution in [2.24, 2.45) is 0 Å². The number of carbonyl (C=O) groups excluding carboxylic acids is 1. The molecule has 0 saturated heterocycles. The summed E-state index contributed by atoms with van der Waals surface area (Å²) in [5, 5.41) is 0.960. The van der Waals surface area contributed by atoms with Crippen molar-refractivity contribution >= 4 is 22.8 Å². The predicted octanol–water partition coefficient (Wildman–Crippen LogP) is 3.55. The molecule has 0 aliphatic rings. The molecule has 0 unspecified atom stereocenters. The van der Waals surface area contributed by atoms with Gasteiger partial charge in [0.2, 0.25) is 0 Å². The van der Waals surface area contributed by atoms with E-state index in [2.05, 4.69) is 25.7 Å². The van der Waals surface area contributed by atoms with Crippen LogP contribution in [0.4, 0.5) is 5.13 Å². The van der Waals surface area contributed by atoms with Gasteiger partial charge in [0.1, 0.15) is 0 Å². The number of nitrogens with zero attached hydrogens (tertiary/aromatic N) is 2. The molecule has 114 valence electrons. The van der Waals surface area contributed by atoms with Gasteiger partial charge < -0.3 is 9.64 Å². The molecular weight excluding hydrogens is 272 g/mol. The molecule has 1 rings (SSSR count). The molecule has 0 N–H and O–H groups in total. The monoisotopic (exact) mass is 298 g/mol. The van der Waals surface area contributed by atoms with E-state index in [-0.39, 0.29) is 0 Å². The van der Waals surface area contributed by atoms with Gasteiger partial charge in [-0.25, -0.2) is 4.98 Å². The van der Waals surface area contributed by atoms with E-state index in [1.54, 1.807) is 7.11 Å². The molecule has 0 aliphatic heterocycles. The molecular formula is C15H26N2O2S. The third-order valence-corrected chi connectivity index (χ3v) is 4.54. The summed E-state index contributed by atoms with van der Waals surface area (Å²) < 4.78 is 5.21. The van der Waals surface area contributed by atoms with Crippen LogP contribution in [0, 0.1) is 0 Å². The van der Waals surface area contributed by atoms with E-state index in [1.807, 2.05) is 0 Å². The van der Waals surface area contributed by atoms with Crippen LogP contribution in [0.1, 0.15) is 55.4 Å². The van der Waals surface area contributed by atoms with Crippen molar-refractivity contribution in [1.82, 2.24) is 4.98 Å². The van der Waals surface area contributed by atoms with E-state index in [0.717, 1.165) is 54.2 Å². The third kappa shape index (κ3) is 4.28. The van der Waals surface area contributed by atoms with Gasteiger partial charge in [0.05, 0.1) is 17.2 Å². The molecule has 0 aromatic carbocycles. The molecule has 0 aliphatic carbocycles. The zero-order chi connectivity index (χ0) is 15.0. The number of thiazole rings is 1. The van der Waals surface area contributed by atoms with Crippen LogP contribution in [-0.4, -0.2) is 37.6 Å². The molecule has 5 heteroatoms. The first kappa shape index (κ1) is 17.1. The highest BCUT2D eigenvalue weighted by Gasteiger charge is 2.20. The van der Waals surface area contributed by atoms with Crippen molar-refractivity contribution in [3.8, 4) is 0 Å². The largest absolute Gasteiger partial charge is 0.383 e. The van der Waals surface area contributed by atoms with Gasteiger partial charge in [-0.1, -0.05) is 38.5 Å². The Labute approximate surface area is 126 Å². The topological polar surface area (TPSA) is 42.4 Å². The Kier molecular flexibility index (Phi) is 7.77. The lowest BCUT2D eigenvalue weighted by Gasteiger charge is -2.29.